The smallest absolute Gasteiger partial charge is 0.270 e. The Morgan fingerprint density at radius 1 is 0.917 bits per heavy atom. The van der Waals surface area contributed by atoms with Gasteiger partial charge in [0.1, 0.15) is 0 Å². The van der Waals surface area contributed by atoms with Crippen LogP contribution in [0.3, 0.4) is 0 Å². The maximum atomic E-state index is 11.0. The summed E-state index contributed by atoms with van der Waals surface area (Å²) in [4.78, 5) is 12.8. The molecular weight excluding hydrogens is 415 g/mol. The molecule has 0 amide bonds. The maximum Gasteiger partial charge on any atom is 0.270 e. The van der Waals surface area contributed by atoms with E-state index in [9.17, 15) is 10.1 Å². The van der Waals surface area contributed by atoms with E-state index < -0.39 is 0 Å². The van der Waals surface area contributed by atoms with Crippen molar-refractivity contribution in [1.82, 2.24) is 0 Å². The Bertz CT molecular complexity index is 839. The molecule has 0 fully saturated rings. The van der Waals surface area contributed by atoms with Gasteiger partial charge in [0.2, 0.25) is 0 Å². The zero-order valence-electron chi connectivity index (χ0n) is 12.8. The van der Waals surface area contributed by atoms with E-state index in [0.29, 0.717) is 6.54 Å². The summed E-state index contributed by atoms with van der Waals surface area (Å²) in [7, 11) is 0. The fourth-order valence-electron chi connectivity index (χ4n) is 2.52. The first-order chi connectivity index (χ1) is 11.6. The van der Waals surface area contributed by atoms with Gasteiger partial charge in [-0.1, -0.05) is 48.5 Å². The van der Waals surface area contributed by atoms with Crippen molar-refractivity contribution in [1.29, 1.82) is 0 Å². The summed E-state index contributed by atoms with van der Waals surface area (Å²) in [6.45, 7) is 0.693. The predicted molar refractivity (Wildman–Crippen MR) is 105 cm³/mol. The molecule has 0 atom stereocenters. The molecule has 0 spiro atoms. The molecule has 120 valence electrons. The van der Waals surface area contributed by atoms with Crippen molar-refractivity contribution in [2.45, 2.75) is 6.54 Å². The van der Waals surface area contributed by atoms with E-state index in [1.54, 1.807) is 12.1 Å². The number of rotatable bonds is 5. The van der Waals surface area contributed by atoms with Crippen LogP contribution in [0, 0.1) is 13.7 Å². The number of nitro benzene ring substituents is 1. The SMILES string of the molecule is O=[N+]([O-])c1ccc(N(Cc2ccccc2)c2ccccc2)c(I)c1. The lowest BCUT2D eigenvalue weighted by molar-refractivity contribution is -0.384. The third-order valence-electron chi connectivity index (χ3n) is 3.68. The van der Waals surface area contributed by atoms with Gasteiger partial charge in [0, 0.05) is 27.9 Å². The van der Waals surface area contributed by atoms with Crippen LogP contribution < -0.4 is 4.90 Å². The highest BCUT2D eigenvalue weighted by Gasteiger charge is 2.16. The highest BCUT2D eigenvalue weighted by Crippen LogP contribution is 2.33. The van der Waals surface area contributed by atoms with Crippen molar-refractivity contribution in [2.75, 3.05) is 4.90 Å². The second-order valence-electron chi connectivity index (χ2n) is 5.30. The summed E-state index contributed by atoms with van der Waals surface area (Å²) in [6, 6.07) is 25.2. The highest BCUT2D eigenvalue weighted by atomic mass is 127. The Morgan fingerprint density at radius 2 is 1.54 bits per heavy atom. The van der Waals surface area contributed by atoms with Crippen LogP contribution in [0.5, 0.6) is 0 Å². The minimum atomic E-state index is -0.365. The summed E-state index contributed by atoms with van der Waals surface area (Å²) in [6.07, 6.45) is 0. The van der Waals surface area contributed by atoms with Gasteiger partial charge in [-0.2, -0.15) is 0 Å². The van der Waals surface area contributed by atoms with Crippen LogP contribution in [0.25, 0.3) is 0 Å². The van der Waals surface area contributed by atoms with Gasteiger partial charge in [-0.3, -0.25) is 10.1 Å². The van der Waals surface area contributed by atoms with Crippen LogP contribution >= 0.6 is 22.6 Å². The highest BCUT2D eigenvalue weighted by molar-refractivity contribution is 14.1. The zero-order valence-corrected chi connectivity index (χ0v) is 15.0. The molecular formula is C19H15IN2O2. The Morgan fingerprint density at radius 3 is 2.12 bits per heavy atom. The Kier molecular flexibility index (Phi) is 5.10. The largest absolute Gasteiger partial charge is 0.336 e. The first-order valence-corrected chi connectivity index (χ1v) is 8.53. The summed E-state index contributed by atoms with van der Waals surface area (Å²) < 4.78 is 0.849. The first kappa shape index (κ1) is 16.4. The number of hydrogen-bond donors (Lipinski definition) is 0. The Labute approximate surface area is 154 Å². The monoisotopic (exact) mass is 430 g/mol. The molecule has 0 saturated heterocycles. The topological polar surface area (TPSA) is 46.4 Å². The van der Waals surface area contributed by atoms with Gasteiger partial charge in [-0.25, -0.2) is 0 Å². The van der Waals surface area contributed by atoms with Gasteiger partial charge in [0.15, 0.2) is 0 Å². The average Bonchev–Trinajstić information content (AvgIpc) is 2.61. The van der Waals surface area contributed by atoms with Crippen LogP contribution in [-0.2, 0) is 6.54 Å². The number of nitrogens with zero attached hydrogens (tertiary/aromatic N) is 2. The number of benzene rings is 3. The van der Waals surface area contributed by atoms with Crippen molar-refractivity contribution in [3.63, 3.8) is 0 Å². The van der Waals surface area contributed by atoms with Crippen LogP contribution in [0.4, 0.5) is 17.1 Å². The van der Waals surface area contributed by atoms with Crippen molar-refractivity contribution in [3.8, 4) is 0 Å². The number of non-ortho nitro benzene ring substituents is 1. The van der Waals surface area contributed by atoms with E-state index in [1.807, 2.05) is 54.6 Å². The second-order valence-corrected chi connectivity index (χ2v) is 6.46. The van der Waals surface area contributed by atoms with Crippen molar-refractivity contribution >= 4 is 39.7 Å². The maximum absolute atomic E-state index is 11.0. The molecule has 0 aliphatic carbocycles. The lowest BCUT2D eigenvalue weighted by Gasteiger charge is -2.26. The predicted octanol–water partition coefficient (Wildman–Crippen LogP) is 5.54. The van der Waals surface area contributed by atoms with Gasteiger partial charge < -0.3 is 4.90 Å². The molecule has 24 heavy (non-hydrogen) atoms. The Balaban J connectivity index is 2.03. The molecule has 3 rings (SSSR count). The number of anilines is 2. The molecule has 0 unspecified atom stereocenters. The molecule has 0 aliphatic heterocycles. The summed E-state index contributed by atoms with van der Waals surface area (Å²) in [5.74, 6) is 0. The number of nitro groups is 1. The van der Waals surface area contributed by atoms with Crippen LogP contribution in [0.15, 0.2) is 78.9 Å². The standard InChI is InChI=1S/C19H15IN2O2/c20-18-13-17(22(23)24)11-12-19(18)21(16-9-5-2-6-10-16)14-15-7-3-1-4-8-15/h1-13H,14H2. The first-order valence-electron chi connectivity index (χ1n) is 7.45. The molecule has 3 aromatic carbocycles. The molecule has 0 saturated carbocycles. The Hall–Kier alpha value is -2.41. The van der Waals surface area contributed by atoms with E-state index >= 15 is 0 Å². The van der Waals surface area contributed by atoms with Crippen LogP contribution in [0.1, 0.15) is 5.56 Å². The van der Waals surface area contributed by atoms with E-state index in [0.717, 1.165) is 14.9 Å². The lowest BCUT2D eigenvalue weighted by Crippen LogP contribution is -2.17. The van der Waals surface area contributed by atoms with Crippen molar-refractivity contribution in [2.24, 2.45) is 0 Å². The normalized spacial score (nSPS) is 10.4. The van der Waals surface area contributed by atoms with E-state index in [1.165, 1.54) is 5.56 Å². The van der Waals surface area contributed by atoms with Gasteiger partial charge in [-0.15, -0.1) is 0 Å². The van der Waals surface area contributed by atoms with Gasteiger partial charge in [-0.05, 0) is 46.4 Å². The molecule has 0 N–H and O–H groups in total. The zero-order chi connectivity index (χ0) is 16.9. The summed E-state index contributed by atoms with van der Waals surface area (Å²) >= 11 is 2.16. The molecule has 0 radical (unpaired) electrons. The van der Waals surface area contributed by atoms with Gasteiger partial charge in [0.05, 0.1) is 10.6 Å². The van der Waals surface area contributed by atoms with Crippen LogP contribution in [0.2, 0.25) is 0 Å². The third kappa shape index (κ3) is 3.73. The molecule has 0 aliphatic rings. The van der Waals surface area contributed by atoms with Gasteiger partial charge in [0.25, 0.3) is 5.69 Å². The third-order valence-corrected chi connectivity index (χ3v) is 4.55. The average molecular weight is 430 g/mol. The van der Waals surface area contributed by atoms with Gasteiger partial charge >= 0.3 is 0 Å². The van der Waals surface area contributed by atoms with E-state index in [-0.39, 0.29) is 10.6 Å². The molecule has 3 aromatic rings. The van der Waals surface area contributed by atoms with Crippen LogP contribution in [-0.4, -0.2) is 4.92 Å². The fraction of sp³-hybridized carbons (Fsp3) is 0.0526. The quantitative estimate of drug-likeness (QED) is 0.304. The van der Waals surface area contributed by atoms with E-state index in [4.69, 9.17) is 0 Å². The minimum absolute atomic E-state index is 0.107. The molecule has 5 heteroatoms. The molecule has 0 bridgehead atoms. The minimum Gasteiger partial charge on any atom is -0.336 e. The fourth-order valence-corrected chi connectivity index (χ4v) is 3.31. The second kappa shape index (κ2) is 7.44. The number of halogens is 1. The van der Waals surface area contributed by atoms with Crippen molar-refractivity contribution < 1.29 is 4.92 Å². The molecule has 0 heterocycles. The molecule has 0 aromatic heterocycles. The number of hydrogen-bond acceptors (Lipinski definition) is 3. The summed E-state index contributed by atoms with van der Waals surface area (Å²) in [5.41, 5.74) is 3.29. The van der Waals surface area contributed by atoms with E-state index in [2.05, 4.69) is 39.6 Å². The number of para-hydroxylation sites is 1. The van der Waals surface area contributed by atoms with Crippen molar-refractivity contribution in [3.05, 3.63) is 98.1 Å². The molecule has 4 nitrogen and oxygen atoms in total. The lowest BCUT2D eigenvalue weighted by atomic mass is 10.1. The summed E-state index contributed by atoms with van der Waals surface area (Å²) in [5, 5.41) is 11.0.